The summed E-state index contributed by atoms with van der Waals surface area (Å²) in [6.07, 6.45) is 5.93. The third-order valence-electron chi connectivity index (χ3n) is 3.22. The molecule has 0 aromatic rings. The molecule has 0 atom stereocenters. The largest absolute Gasteiger partial charge is 0.469 e. The molecule has 0 aliphatic carbocycles. The number of rotatable bonds is 13. The summed E-state index contributed by atoms with van der Waals surface area (Å²) in [6.45, 7) is 3.39. The van der Waals surface area contributed by atoms with Crippen LogP contribution >= 0.6 is 0 Å². The SMILES string of the molecule is CCOC(=O)CCCCCCNC(=O)NCCCCC(=O)OC. The fourth-order valence-corrected chi connectivity index (χ4v) is 1.94. The molecule has 0 saturated heterocycles. The molecule has 0 saturated carbocycles. The van der Waals surface area contributed by atoms with E-state index in [9.17, 15) is 14.4 Å². The van der Waals surface area contributed by atoms with Crippen LogP contribution in [0.3, 0.4) is 0 Å². The Balaban J connectivity index is 3.30. The predicted octanol–water partition coefficient (Wildman–Crippen LogP) is 2.14. The van der Waals surface area contributed by atoms with Crippen molar-refractivity contribution in [1.29, 1.82) is 0 Å². The maximum absolute atomic E-state index is 11.5. The van der Waals surface area contributed by atoms with E-state index in [0.29, 0.717) is 39.0 Å². The molecule has 0 aliphatic rings. The minimum Gasteiger partial charge on any atom is -0.469 e. The highest BCUT2D eigenvalue weighted by Gasteiger charge is 2.02. The lowest BCUT2D eigenvalue weighted by atomic mass is 10.1. The van der Waals surface area contributed by atoms with Crippen LogP contribution in [0.15, 0.2) is 0 Å². The molecule has 0 aromatic carbocycles. The van der Waals surface area contributed by atoms with E-state index in [2.05, 4.69) is 15.4 Å². The molecule has 7 nitrogen and oxygen atoms in total. The number of carbonyl (C=O) groups is 3. The van der Waals surface area contributed by atoms with E-state index in [1.54, 1.807) is 6.92 Å². The lowest BCUT2D eigenvalue weighted by molar-refractivity contribution is -0.143. The van der Waals surface area contributed by atoms with Crippen LogP contribution in [-0.2, 0) is 19.1 Å². The minimum absolute atomic E-state index is 0.141. The second-order valence-electron chi connectivity index (χ2n) is 5.19. The van der Waals surface area contributed by atoms with Crippen LogP contribution in [0.25, 0.3) is 0 Å². The summed E-state index contributed by atoms with van der Waals surface area (Å²) < 4.78 is 9.38. The second-order valence-corrected chi connectivity index (χ2v) is 5.19. The number of nitrogens with one attached hydrogen (secondary N) is 2. The van der Waals surface area contributed by atoms with Gasteiger partial charge in [-0.1, -0.05) is 12.8 Å². The quantitative estimate of drug-likeness (QED) is 0.398. The highest BCUT2D eigenvalue weighted by atomic mass is 16.5. The van der Waals surface area contributed by atoms with Gasteiger partial charge in [0.25, 0.3) is 0 Å². The number of carbonyl (C=O) groups excluding carboxylic acids is 3. The highest BCUT2D eigenvalue weighted by molar-refractivity contribution is 5.73. The summed E-state index contributed by atoms with van der Waals surface area (Å²) in [5.41, 5.74) is 0. The first-order valence-corrected chi connectivity index (χ1v) is 8.34. The van der Waals surface area contributed by atoms with Crippen LogP contribution in [0.5, 0.6) is 0 Å². The summed E-state index contributed by atoms with van der Waals surface area (Å²) in [6, 6.07) is -0.186. The first kappa shape index (κ1) is 21.2. The Morgan fingerprint density at radius 2 is 1.30 bits per heavy atom. The van der Waals surface area contributed by atoms with Crippen LogP contribution < -0.4 is 10.6 Å². The third kappa shape index (κ3) is 14.9. The molecular weight excluding hydrogens is 300 g/mol. The zero-order chi connectivity index (χ0) is 17.3. The standard InChI is InChI=1S/C16H30N2O5/c1-3-23-15(20)11-6-4-5-8-12-17-16(21)18-13-9-7-10-14(19)22-2/h3-13H2,1-2H3,(H2,17,18,21). The molecule has 23 heavy (non-hydrogen) atoms. The van der Waals surface area contributed by atoms with E-state index in [1.165, 1.54) is 7.11 Å². The number of amides is 2. The molecule has 7 heteroatoms. The molecule has 2 amide bonds. The van der Waals surface area contributed by atoms with Gasteiger partial charge in [0.05, 0.1) is 13.7 Å². The molecule has 2 N–H and O–H groups in total. The summed E-state index contributed by atoms with van der Waals surface area (Å²) in [4.78, 5) is 33.5. The van der Waals surface area contributed by atoms with Gasteiger partial charge in [-0.3, -0.25) is 9.59 Å². The van der Waals surface area contributed by atoms with Crippen molar-refractivity contribution in [2.75, 3.05) is 26.8 Å². The zero-order valence-electron chi connectivity index (χ0n) is 14.3. The molecule has 0 aromatic heterocycles. The van der Waals surface area contributed by atoms with Crippen molar-refractivity contribution in [2.24, 2.45) is 0 Å². The van der Waals surface area contributed by atoms with Crippen LogP contribution in [-0.4, -0.2) is 44.8 Å². The van der Waals surface area contributed by atoms with Gasteiger partial charge in [0.2, 0.25) is 0 Å². The van der Waals surface area contributed by atoms with E-state index in [4.69, 9.17) is 4.74 Å². The van der Waals surface area contributed by atoms with Crippen molar-refractivity contribution in [3.8, 4) is 0 Å². The zero-order valence-corrected chi connectivity index (χ0v) is 14.3. The lowest BCUT2D eigenvalue weighted by Gasteiger charge is -2.07. The Hall–Kier alpha value is -1.79. The van der Waals surface area contributed by atoms with E-state index in [-0.39, 0.29) is 18.0 Å². The van der Waals surface area contributed by atoms with E-state index >= 15 is 0 Å². The van der Waals surface area contributed by atoms with E-state index in [1.807, 2.05) is 0 Å². The van der Waals surface area contributed by atoms with Gasteiger partial charge in [-0.05, 0) is 32.6 Å². The van der Waals surface area contributed by atoms with Crippen molar-refractivity contribution in [3.05, 3.63) is 0 Å². The van der Waals surface area contributed by atoms with Gasteiger partial charge in [0.15, 0.2) is 0 Å². The maximum Gasteiger partial charge on any atom is 0.314 e. The van der Waals surface area contributed by atoms with Gasteiger partial charge in [0, 0.05) is 25.9 Å². The van der Waals surface area contributed by atoms with Crippen molar-refractivity contribution in [1.82, 2.24) is 10.6 Å². The van der Waals surface area contributed by atoms with Crippen molar-refractivity contribution < 1.29 is 23.9 Å². The fourth-order valence-electron chi connectivity index (χ4n) is 1.94. The smallest absolute Gasteiger partial charge is 0.314 e. The summed E-state index contributed by atoms with van der Waals surface area (Å²) >= 11 is 0. The summed E-state index contributed by atoms with van der Waals surface area (Å²) in [5.74, 6) is -0.366. The van der Waals surface area contributed by atoms with Gasteiger partial charge < -0.3 is 20.1 Å². The number of hydrogen-bond donors (Lipinski definition) is 2. The monoisotopic (exact) mass is 330 g/mol. The molecule has 0 bridgehead atoms. The summed E-state index contributed by atoms with van der Waals surface area (Å²) in [7, 11) is 1.37. The Morgan fingerprint density at radius 1 is 0.783 bits per heavy atom. The first-order chi connectivity index (χ1) is 11.1. The van der Waals surface area contributed by atoms with E-state index < -0.39 is 0 Å². The average Bonchev–Trinajstić information content (AvgIpc) is 2.53. The summed E-state index contributed by atoms with van der Waals surface area (Å²) in [5, 5.41) is 5.52. The van der Waals surface area contributed by atoms with Gasteiger partial charge >= 0.3 is 18.0 Å². The molecule has 0 aliphatic heterocycles. The predicted molar refractivity (Wildman–Crippen MR) is 87.0 cm³/mol. The number of esters is 2. The number of methoxy groups -OCH3 is 1. The third-order valence-corrected chi connectivity index (χ3v) is 3.22. The van der Waals surface area contributed by atoms with Crippen molar-refractivity contribution in [2.45, 2.75) is 58.3 Å². The Bertz CT molecular complexity index is 347. The molecule has 0 unspecified atom stereocenters. The molecule has 0 radical (unpaired) electrons. The van der Waals surface area contributed by atoms with Crippen LogP contribution in [0.1, 0.15) is 58.3 Å². The molecule has 0 rings (SSSR count). The Kier molecular flexibility index (Phi) is 13.9. The first-order valence-electron chi connectivity index (χ1n) is 8.34. The number of ether oxygens (including phenoxy) is 2. The van der Waals surface area contributed by atoms with Gasteiger partial charge in [-0.2, -0.15) is 0 Å². The van der Waals surface area contributed by atoms with Crippen molar-refractivity contribution in [3.63, 3.8) is 0 Å². The average molecular weight is 330 g/mol. The van der Waals surface area contributed by atoms with Crippen molar-refractivity contribution >= 4 is 18.0 Å². The minimum atomic E-state index is -0.225. The second kappa shape index (κ2) is 15.1. The van der Waals surface area contributed by atoms with Crippen LogP contribution in [0.4, 0.5) is 4.79 Å². The Morgan fingerprint density at radius 3 is 1.91 bits per heavy atom. The molecular formula is C16H30N2O5. The maximum atomic E-state index is 11.5. The molecule has 0 fully saturated rings. The van der Waals surface area contributed by atoms with Gasteiger partial charge in [-0.25, -0.2) is 4.79 Å². The molecule has 0 heterocycles. The number of hydrogen-bond acceptors (Lipinski definition) is 5. The van der Waals surface area contributed by atoms with Crippen LogP contribution in [0.2, 0.25) is 0 Å². The molecule has 134 valence electrons. The normalized spacial score (nSPS) is 10.0. The number of unbranched alkanes of at least 4 members (excludes halogenated alkanes) is 4. The Labute approximate surface area is 138 Å². The topological polar surface area (TPSA) is 93.7 Å². The van der Waals surface area contributed by atoms with Crippen LogP contribution in [0, 0.1) is 0 Å². The fraction of sp³-hybridized carbons (Fsp3) is 0.812. The highest BCUT2D eigenvalue weighted by Crippen LogP contribution is 2.03. The molecule has 0 spiro atoms. The van der Waals surface area contributed by atoms with E-state index in [0.717, 1.165) is 32.1 Å². The van der Waals surface area contributed by atoms with Gasteiger partial charge in [-0.15, -0.1) is 0 Å². The van der Waals surface area contributed by atoms with Gasteiger partial charge in [0.1, 0.15) is 0 Å². The number of urea groups is 1. The lowest BCUT2D eigenvalue weighted by Crippen LogP contribution is -2.36.